The van der Waals surface area contributed by atoms with Gasteiger partial charge >= 0.3 is 6.03 Å². The molecule has 2 aliphatic rings. The van der Waals surface area contributed by atoms with Crippen LogP contribution in [0.15, 0.2) is 0 Å². The average Bonchev–Trinajstić information content (AvgIpc) is 3.28. The molecule has 1 atom stereocenters. The van der Waals surface area contributed by atoms with E-state index >= 15 is 0 Å². The Labute approximate surface area is 137 Å². The Morgan fingerprint density at radius 3 is 2.22 bits per heavy atom. The molecule has 2 rings (SSSR count). The summed E-state index contributed by atoms with van der Waals surface area (Å²) in [6, 6.07) is -0.671. The number of likely N-dealkylation sites (tertiary alicyclic amines) is 1. The first-order chi connectivity index (χ1) is 10.7. The lowest BCUT2D eigenvalue weighted by Crippen LogP contribution is -2.53. The second kappa shape index (κ2) is 7.14. The van der Waals surface area contributed by atoms with E-state index in [1.165, 1.54) is 10.6 Å². The lowest BCUT2D eigenvalue weighted by atomic mass is 10.0. The van der Waals surface area contributed by atoms with Crippen LogP contribution in [0.1, 0.15) is 32.6 Å². The van der Waals surface area contributed by atoms with Crippen LogP contribution < -0.4 is 10.6 Å². The minimum Gasteiger partial charge on any atom is -0.335 e. The van der Waals surface area contributed by atoms with Gasteiger partial charge in [0.2, 0.25) is 15.9 Å². The molecular weight excluding hydrogens is 320 g/mol. The topological polar surface area (TPSA) is 98.8 Å². The maximum atomic E-state index is 12.1. The average molecular weight is 346 g/mol. The summed E-state index contributed by atoms with van der Waals surface area (Å²) in [5.74, 6) is -0.321. The largest absolute Gasteiger partial charge is 0.335 e. The monoisotopic (exact) mass is 346 g/mol. The van der Waals surface area contributed by atoms with Crippen molar-refractivity contribution < 1.29 is 18.0 Å². The van der Waals surface area contributed by atoms with Gasteiger partial charge in [-0.2, -0.15) is 0 Å². The van der Waals surface area contributed by atoms with Crippen LogP contribution in [-0.4, -0.2) is 74.1 Å². The number of urea groups is 1. The van der Waals surface area contributed by atoms with E-state index < -0.39 is 22.1 Å². The molecule has 0 radical (unpaired) electrons. The van der Waals surface area contributed by atoms with E-state index in [4.69, 9.17) is 0 Å². The van der Waals surface area contributed by atoms with Crippen LogP contribution in [-0.2, 0) is 14.8 Å². The van der Waals surface area contributed by atoms with Crippen molar-refractivity contribution in [2.45, 2.75) is 50.7 Å². The third-order valence-electron chi connectivity index (χ3n) is 4.61. The molecule has 1 saturated heterocycles. The van der Waals surface area contributed by atoms with Gasteiger partial charge in [-0.1, -0.05) is 0 Å². The number of hydrogen-bond donors (Lipinski definition) is 2. The Balaban J connectivity index is 1.79. The van der Waals surface area contributed by atoms with Gasteiger partial charge in [0.05, 0.1) is 12.3 Å². The Morgan fingerprint density at radius 2 is 1.74 bits per heavy atom. The van der Waals surface area contributed by atoms with Gasteiger partial charge in [0, 0.05) is 32.2 Å². The molecule has 132 valence electrons. The smallest absolute Gasteiger partial charge is 0.321 e. The summed E-state index contributed by atoms with van der Waals surface area (Å²) in [6.07, 6.45) is 4.50. The molecule has 1 aliphatic carbocycles. The molecule has 0 aromatic carbocycles. The highest BCUT2D eigenvalue weighted by molar-refractivity contribution is 7.88. The first kappa shape index (κ1) is 18.2. The van der Waals surface area contributed by atoms with Crippen molar-refractivity contribution in [3.05, 3.63) is 0 Å². The predicted octanol–water partition coefficient (Wildman–Crippen LogP) is -0.281. The zero-order valence-electron chi connectivity index (χ0n) is 13.9. The molecule has 1 saturated carbocycles. The highest BCUT2D eigenvalue weighted by Crippen LogP contribution is 2.20. The Kier molecular flexibility index (Phi) is 5.64. The molecule has 1 unspecified atom stereocenters. The first-order valence-corrected chi connectivity index (χ1v) is 9.81. The quantitative estimate of drug-likeness (QED) is 0.713. The van der Waals surface area contributed by atoms with Gasteiger partial charge in [-0.25, -0.2) is 17.5 Å². The zero-order chi connectivity index (χ0) is 17.2. The van der Waals surface area contributed by atoms with Crippen LogP contribution in [0.3, 0.4) is 0 Å². The van der Waals surface area contributed by atoms with E-state index in [1.54, 1.807) is 14.0 Å². The van der Waals surface area contributed by atoms with Gasteiger partial charge in [-0.3, -0.25) is 15.0 Å². The van der Waals surface area contributed by atoms with Crippen LogP contribution in [0.25, 0.3) is 0 Å². The number of sulfonamides is 1. The molecule has 3 amide bonds. The van der Waals surface area contributed by atoms with E-state index in [2.05, 4.69) is 10.6 Å². The molecule has 0 aromatic heterocycles. The summed E-state index contributed by atoms with van der Waals surface area (Å²) >= 11 is 0. The number of carbonyl (C=O) groups is 2. The van der Waals surface area contributed by atoms with Crippen LogP contribution in [0, 0.1) is 0 Å². The molecule has 1 heterocycles. The standard InChI is InChI=1S/C14H26N4O4S/c1-10(13(19)16-14(20)15-11-4-5-11)18-8-6-12(7-9-18)17(2)23(3,21)22/h10-12H,4-9H2,1-3H3,(H2,15,16,19,20). The van der Waals surface area contributed by atoms with Gasteiger partial charge in [-0.05, 0) is 32.6 Å². The second-order valence-corrected chi connectivity index (χ2v) is 8.50. The number of piperidine rings is 1. The van der Waals surface area contributed by atoms with Crippen molar-refractivity contribution in [3.8, 4) is 0 Å². The minimum atomic E-state index is -3.20. The lowest BCUT2D eigenvalue weighted by Gasteiger charge is -2.37. The van der Waals surface area contributed by atoms with Crippen molar-refractivity contribution in [3.63, 3.8) is 0 Å². The number of nitrogens with zero attached hydrogens (tertiary/aromatic N) is 2. The van der Waals surface area contributed by atoms with Gasteiger partial charge in [0.1, 0.15) is 0 Å². The van der Waals surface area contributed by atoms with E-state index in [-0.39, 0.29) is 18.0 Å². The predicted molar refractivity (Wildman–Crippen MR) is 86.4 cm³/mol. The second-order valence-electron chi connectivity index (χ2n) is 6.46. The van der Waals surface area contributed by atoms with Gasteiger partial charge in [-0.15, -0.1) is 0 Å². The minimum absolute atomic E-state index is 0.0327. The molecule has 0 spiro atoms. The molecule has 2 N–H and O–H groups in total. The number of hydrogen-bond acceptors (Lipinski definition) is 5. The molecular formula is C14H26N4O4S. The third kappa shape index (κ3) is 5.15. The molecule has 2 fully saturated rings. The summed E-state index contributed by atoms with van der Waals surface area (Å²) in [7, 11) is -1.60. The van der Waals surface area contributed by atoms with Crippen LogP contribution >= 0.6 is 0 Å². The van der Waals surface area contributed by atoms with Gasteiger partial charge in [0.15, 0.2) is 0 Å². The van der Waals surface area contributed by atoms with Crippen molar-refractivity contribution >= 4 is 22.0 Å². The van der Waals surface area contributed by atoms with Crippen molar-refractivity contribution in [2.75, 3.05) is 26.4 Å². The third-order valence-corrected chi connectivity index (χ3v) is 5.96. The van der Waals surface area contributed by atoms with E-state index in [0.717, 1.165) is 12.8 Å². The van der Waals surface area contributed by atoms with Gasteiger partial charge in [0.25, 0.3) is 0 Å². The summed E-state index contributed by atoms with van der Waals surface area (Å²) in [6.45, 7) is 3.02. The van der Waals surface area contributed by atoms with E-state index in [1.807, 2.05) is 4.90 Å². The fraction of sp³-hybridized carbons (Fsp3) is 0.857. The normalized spacial score (nSPS) is 21.9. The van der Waals surface area contributed by atoms with Crippen LogP contribution in [0.4, 0.5) is 4.79 Å². The van der Waals surface area contributed by atoms with Crippen LogP contribution in [0.2, 0.25) is 0 Å². The Hall–Kier alpha value is -1.19. The van der Waals surface area contributed by atoms with E-state index in [9.17, 15) is 18.0 Å². The highest BCUT2D eigenvalue weighted by atomic mass is 32.2. The summed E-state index contributed by atoms with van der Waals surface area (Å²) in [5, 5.41) is 5.09. The first-order valence-electron chi connectivity index (χ1n) is 7.97. The van der Waals surface area contributed by atoms with E-state index in [0.29, 0.717) is 25.9 Å². The maximum absolute atomic E-state index is 12.1. The zero-order valence-corrected chi connectivity index (χ0v) is 14.7. The Morgan fingerprint density at radius 1 is 1.17 bits per heavy atom. The van der Waals surface area contributed by atoms with Crippen LogP contribution in [0.5, 0.6) is 0 Å². The fourth-order valence-corrected chi connectivity index (χ4v) is 3.49. The number of amides is 3. The lowest BCUT2D eigenvalue weighted by molar-refractivity contribution is -0.125. The number of imide groups is 1. The van der Waals surface area contributed by atoms with Gasteiger partial charge < -0.3 is 5.32 Å². The molecule has 0 bridgehead atoms. The molecule has 0 aromatic rings. The number of rotatable bonds is 5. The molecule has 23 heavy (non-hydrogen) atoms. The van der Waals surface area contributed by atoms with Crippen molar-refractivity contribution in [2.24, 2.45) is 0 Å². The summed E-state index contributed by atoms with van der Waals surface area (Å²) in [5.41, 5.74) is 0. The Bertz CT molecular complexity index is 553. The SMILES string of the molecule is CC(C(=O)NC(=O)NC1CC1)N1CCC(N(C)S(C)(=O)=O)CC1. The fourth-order valence-electron chi connectivity index (χ4n) is 2.74. The molecule has 1 aliphatic heterocycles. The summed E-state index contributed by atoms with van der Waals surface area (Å²) < 4.78 is 24.5. The maximum Gasteiger partial charge on any atom is 0.321 e. The molecule has 9 heteroatoms. The number of nitrogens with one attached hydrogen (secondary N) is 2. The highest BCUT2D eigenvalue weighted by Gasteiger charge is 2.32. The summed E-state index contributed by atoms with van der Waals surface area (Å²) in [4.78, 5) is 25.7. The van der Waals surface area contributed by atoms with Crippen molar-refractivity contribution in [1.29, 1.82) is 0 Å². The number of carbonyl (C=O) groups excluding carboxylic acids is 2. The molecule has 8 nitrogen and oxygen atoms in total. The van der Waals surface area contributed by atoms with Crippen molar-refractivity contribution in [1.82, 2.24) is 19.8 Å².